The van der Waals surface area contributed by atoms with Crippen LogP contribution in [-0.2, 0) is 11.2 Å². The van der Waals surface area contributed by atoms with Crippen LogP contribution in [-0.4, -0.2) is 24.1 Å². The summed E-state index contributed by atoms with van der Waals surface area (Å²) in [6.07, 6.45) is 0.686. The number of hydrogen-bond donors (Lipinski definition) is 1. The number of anilines is 1. The van der Waals surface area contributed by atoms with Crippen molar-refractivity contribution in [2.45, 2.75) is 20.3 Å². The molecule has 0 fully saturated rings. The molecule has 0 bridgehead atoms. The lowest BCUT2D eigenvalue weighted by atomic mass is 10.1. The van der Waals surface area contributed by atoms with Crippen LogP contribution in [0, 0.1) is 12.7 Å². The number of carbonyl (C=O) groups excluding carboxylic acids is 1. The van der Waals surface area contributed by atoms with E-state index in [9.17, 15) is 9.18 Å². The van der Waals surface area contributed by atoms with E-state index in [1.165, 1.54) is 23.5 Å². The van der Waals surface area contributed by atoms with E-state index in [0.29, 0.717) is 30.4 Å². The average Bonchev–Trinajstić information content (AvgIpc) is 2.80. The lowest BCUT2D eigenvalue weighted by Gasteiger charge is -2.03. The summed E-state index contributed by atoms with van der Waals surface area (Å²) in [4.78, 5) is 16.7. The third-order valence-electron chi connectivity index (χ3n) is 2.84. The molecule has 21 heavy (non-hydrogen) atoms. The number of carbonyl (C=O) groups is 1. The van der Waals surface area contributed by atoms with Gasteiger partial charge in [-0.25, -0.2) is 14.2 Å². The molecule has 6 heteroatoms. The van der Waals surface area contributed by atoms with Crippen LogP contribution in [0.3, 0.4) is 0 Å². The van der Waals surface area contributed by atoms with Gasteiger partial charge in [0, 0.05) is 11.4 Å². The van der Waals surface area contributed by atoms with Crippen molar-refractivity contribution in [3.05, 3.63) is 46.2 Å². The minimum atomic E-state index is -0.399. The van der Waals surface area contributed by atoms with E-state index in [4.69, 9.17) is 4.74 Å². The second-order valence-electron chi connectivity index (χ2n) is 4.45. The van der Waals surface area contributed by atoms with Crippen molar-refractivity contribution in [2.75, 3.05) is 18.5 Å². The summed E-state index contributed by atoms with van der Waals surface area (Å²) in [5.74, 6) is -0.633. The number of thiazole rings is 1. The molecule has 0 saturated heterocycles. The van der Waals surface area contributed by atoms with Crippen molar-refractivity contribution in [1.29, 1.82) is 0 Å². The predicted octanol–water partition coefficient (Wildman–Crippen LogP) is 3.42. The van der Waals surface area contributed by atoms with E-state index >= 15 is 0 Å². The molecule has 1 aromatic carbocycles. The van der Waals surface area contributed by atoms with Crippen LogP contribution in [0.1, 0.15) is 27.9 Å². The first-order valence-corrected chi connectivity index (χ1v) is 7.54. The molecule has 2 aromatic rings. The first-order chi connectivity index (χ1) is 10.1. The van der Waals surface area contributed by atoms with Gasteiger partial charge in [0.25, 0.3) is 0 Å². The fourth-order valence-corrected chi connectivity index (χ4v) is 2.69. The van der Waals surface area contributed by atoms with Crippen molar-refractivity contribution in [3.63, 3.8) is 0 Å². The maximum atomic E-state index is 13.1. The summed E-state index contributed by atoms with van der Waals surface area (Å²) in [6, 6.07) is 6.50. The van der Waals surface area contributed by atoms with Crippen LogP contribution in [0.25, 0.3) is 0 Å². The van der Waals surface area contributed by atoms with Crippen LogP contribution in [0.4, 0.5) is 9.52 Å². The van der Waals surface area contributed by atoms with Crippen LogP contribution in [0.2, 0.25) is 0 Å². The Bertz CT molecular complexity index is 628. The van der Waals surface area contributed by atoms with E-state index in [0.717, 1.165) is 10.4 Å². The zero-order valence-electron chi connectivity index (χ0n) is 12.0. The van der Waals surface area contributed by atoms with Crippen molar-refractivity contribution >= 4 is 22.4 Å². The third kappa shape index (κ3) is 4.26. The van der Waals surface area contributed by atoms with Crippen molar-refractivity contribution < 1.29 is 13.9 Å². The zero-order chi connectivity index (χ0) is 15.2. The number of nitrogens with one attached hydrogen (secondary N) is 1. The molecule has 1 heterocycles. The predicted molar refractivity (Wildman–Crippen MR) is 81.4 cm³/mol. The fraction of sp³-hybridized carbons (Fsp3) is 0.333. The Kier molecular flexibility index (Phi) is 5.27. The maximum Gasteiger partial charge on any atom is 0.358 e. The highest BCUT2D eigenvalue weighted by molar-refractivity contribution is 7.15. The summed E-state index contributed by atoms with van der Waals surface area (Å²) in [5.41, 5.74) is 1.27. The lowest BCUT2D eigenvalue weighted by molar-refractivity contribution is 0.0519. The Morgan fingerprint density at radius 3 is 3.00 bits per heavy atom. The van der Waals surface area contributed by atoms with Gasteiger partial charge in [-0.2, -0.15) is 0 Å². The molecule has 1 aromatic heterocycles. The Balaban J connectivity index is 1.92. The molecule has 0 unspecified atom stereocenters. The van der Waals surface area contributed by atoms with Crippen molar-refractivity contribution in [3.8, 4) is 0 Å². The van der Waals surface area contributed by atoms with Crippen LogP contribution in [0.15, 0.2) is 24.3 Å². The van der Waals surface area contributed by atoms with E-state index in [1.54, 1.807) is 13.0 Å². The molecule has 0 aliphatic heterocycles. The van der Waals surface area contributed by atoms with Gasteiger partial charge in [0.2, 0.25) is 0 Å². The first kappa shape index (κ1) is 15.4. The van der Waals surface area contributed by atoms with Gasteiger partial charge >= 0.3 is 5.97 Å². The Morgan fingerprint density at radius 1 is 1.48 bits per heavy atom. The highest BCUT2D eigenvalue weighted by atomic mass is 32.1. The molecule has 0 aliphatic rings. The first-order valence-electron chi connectivity index (χ1n) is 6.73. The number of ether oxygens (including phenoxy) is 1. The second-order valence-corrected chi connectivity index (χ2v) is 5.65. The van der Waals surface area contributed by atoms with E-state index in [1.807, 2.05) is 13.0 Å². The lowest BCUT2D eigenvalue weighted by Crippen LogP contribution is -2.08. The van der Waals surface area contributed by atoms with Gasteiger partial charge in [0.1, 0.15) is 5.82 Å². The molecular weight excluding hydrogens is 291 g/mol. The SMILES string of the molecule is CCOC(=O)c1nc(NCCc2cccc(F)c2)sc1C. The molecular formula is C15H17FN2O2S. The van der Waals surface area contributed by atoms with Gasteiger partial charge in [-0.05, 0) is 38.0 Å². The summed E-state index contributed by atoms with van der Waals surface area (Å²) in [5, 5.41) is 3.82. The van der Waals surface area contributed by atoms with Gasteiger partial charge in [-0.1, -0.05) is 12.1 Å². The molecule has 112 valence electrons. The summed E-state index contributed by atoms with van der Waals surface area (Å²) in [7, 11) is 0. The van der Waals surface area contributed by atoms with Gasteiger partial charge in [0.15, 0.2) is 10.8 Å². The molecule has 0 amide bonds. The molecule has 0 saturated carbocycles. The topological polar surface area (TPSA) is 51.2 Å². The third-order valence-corrected chi connectivity index (χ3v) is 3.77. The highest BCUT2D eigenvalue weighted by Crippen LogP contribution is 2.22. The number of aromatic nitrogens is 1. The van der Waals surface area contributed by atoms with Gasteiger partial charge in [-0.3, -0.25) is 0 Å². The normalized spacial score (nSPS) is 10.4. The fourth-order valence-electron chi connectivity index (χ4n) is 1.87. The molecule has 0 spiro atoms. The minimum Gasteiger partial charge on any atom is -0.461 e. The summed E-state index contributed by atoms with van der Waals surface area (Å²) >= 11 is 1.41. The summed E-state index contributed by atoms with van der Waals surface area (Å²) in [6.45, 7) is 4.55. The van der Waals surface area contributed by atoms with Gasteiger partial charge in [0.05, 0.1) is 6.61 Å². The highest BCUT2D eigenvalue weighted by Gasteiger charge is 2.16. The van der Waals surface area contributed by atoms with Gasteiger partial charge < -0.3 is 10.1 Å². The Morgan fingerprint density at radius 2 is 2.29 bits per heavy atom. The molecule has 0 atom stereocenters. The number of halogens is 1. The number of rotatable bonds is 6. The molecule has 0 radical (unpaired) electrons. The summed E-state index contributed by atoms with van der Waals surface area (Å²) < 4.78 is 18.0. The van der Waals surface area contributed by atoms with Crippen LogP contribution >= 0.6 is 11.3 Å². The van der Waals surface area contributed by atoms with E-state index in [2.05, 4.69) is 10.3 Å². The number of nitrogens with zero attached hydrogens (tertiary/aromatic N) is 1. The quantitative estimate of drug-likeness (QED) is 0.831. The number of hydrogen-bond acceptors (Lipinski definition) is 5. The van der Waals surface area contributed by atoms with Crippen LogP contribution < -0.4 is 5.32 Å². The molecule has 2 rings (SSSR count). The molecule has 0 aliphatic carbocycles. The standard InChI is InChI=1S/C15H17FN2O2S/c1-3-20-14(19)13-10(2)21-15(18-13)17-8-7-11-5-4-6-12(16)9-11/h4-6,9H,3,7-8H2,1-2H3,(H,17,18). The van der Waals surface area contributed by atoms with Crippen LogP contribution in [0.5, 0.6) is 0 Å². The Labute approximate surface area is 127 Å². The zero-order valence-corrected chi connectivity index (χ0v) is 12.8. The largest absolute Gasteiger partial charge is 0.461 e. The van der Waals surface area contributed by atoms with Crippen molar-refractivity contribution in [1.82, 2.24) is 4.98 Å². The van der Waals surface area contributed by atoms with Crippen molar-refractivity contribution in [2.24, 2.45) is 0 Å². The maximum absolute atomic E-state index is 13.1. The number of esters is 1. The smallest absolute Gasteiger partial charge is 0.358 e. The molecule has 4 nitrogen and oxygen atoms in total. The van der Waals surface area contributed by atoms with E-state index < -0.39 is 5.97 Å². The number of benzene rings is 1. The number of aryl methyl sites for hydroxylation is 1. The minimum absolute atomic E-state index is 0.234. The second kappa shape index (κ2) is 7.17. The monoisotopic (exact) mass is 308 g/mol. The molecule has 1 N–H and O–H groups in total. The average molecular weight is 308 g/mol. The van der Waals surface area contributed by atoms with Gasteiger partial charge in [-0.15, -0.1) is 11.3 Å². The Hall–Kier alpha value is -1.95. The van der Waals surface area contributed by atoms with E-state index in [-0.39, 0.29) is 5.82 Å².